The highest BCUT2D eigenvalue weighted by Crippen LogP contribution is 2.42. The Bertz CT molecular complexity index is 457. The van der Waals surface area contributed by atoms with Gasteiger partial charge in [-0.1, -0.05) is 38.0 Å². The van der Waals surface area contributed by atoms with Crippen LogP contribution in [0.5, 0.6) is 5.75 Å². The Balaban J connectivity index is 1.68. The van der Waals surface area contributed by atoms with Gasteiger partial charge in [0.15, 0.2) is 0 Å². The van der Waals surface area contributed by atoms with Crippen LogP contribution >= 0.6 is 0 Å². The van der Waals surface area contributed by atoms with E-state index in [1.807, 2.05) is 6.07 Å². The van der Waals surface area contributed by atoms with E-state index in [1.54, 1.807) is 0 Å². The fourth-order valence-electron chi connectivity index (χ4n) is 4.30. The van der Waals surface area contributed by atoms with Gasteiger partial charge in [-0.05, 0) is 61.5 Å². The minimum atomic E-state index is -0.0897. The van der Waals surface area contributed by atoms with Gasteiger partial charge in [-0.2, -0.15) is 0 Å². The number of hydrogen-bond acceptors (Lipinski definition) is 2. The molecule has 2 aliphatic rings. The van der Waals surface area contributed by atoms with Crippen LogP contribution in [0.2, 0.25) is 0 Å². The molecule has 2 heteroatoms. The van der Waals surface area contributed by atoms with Crippen molar-refractivity contribution in [3.8, 4) is 5.75 Å². The van der Waals surface area contributed by atoms with Crippen molar-refractivity contribution in [3.05, 3.63) is 29.8 Å². The minimum absolute atomic E-state index is 0.0897. The molecule has 2 nitrogen and oxygen atoms in total. The summed E-state index contributed by atoms with van der Waals surface area (Å²) in [7, 11) is 0. The molecule has 1 aliphatic carbocycles. The van der Waals surface area contributed by atoms with Gasteiger partial charge in [0.2, 0.25) is 0 Å². The third kappa shape index (κ3) is 3.42. The van der Waals surface area contributed by atoms with Crippen molar-refractivity contribution in [1.29, 1.82) is 0 Å². The summed E-state index contributed by atoms with van der Waals surface area (Å²) < 4.78 is 5.77. The quantitative estimate of drug-likeness (QED) is 0.882. The summed E-state index contributed by atoms with van der Waals surface area (Å²) in [5.74, 6) is 2.93. The van der Waals surface area contributed by atoms with Gasteiger partial charge >= 0.3 is 0 Å². The van der Waals surface area contributed by atoms with Crippen LogP contribution in [0.25, 0.3) is 0 Å². The maximum absolute atomic E-state index is 10.4. The smallest absolute Gasteiger partial charge is 0.122 e. The fraction of sp³-hybridized carbons (Fsp3) is 0.684. The van der Waals surface area contributed by atoms with E-state index in [1.165, 1.54) is 31.2 Å². The molecule has 1 aliphatic heterocycles. The number of aliphatic hydroxyl groups excluding tert-OH is 1. The van der Waals surface area contributed by atoms with Crippen molar-refractivity contribution in [3.63, 3.8) is 0 Å². The first-order valence-corrected chi connectivity index (χ1v) is 8.67. The molecule has 0 amide bonds. The number of rotatable bonds is 4. The predicted molar refractivity (Wildman–Crippen MR) is 85.7 cm³/mol. The van der Waals surface area contributed by atoms with Gasteiger partial charge in [-0.3, -0.25) is 0 Å². The van der Waals surface area contributed by atoms with E-state index in [2.05, 4.69) is 25.1 Å². The summed E-state index contributed by atoms with van der Waals surface area (Å²) in [6, 6.07) is 8.45. The first kappa shape index (κ1) is 14.9. The van der Waals surface area contributed by atoms with E-state index in [4.69, 9.17) is 4.74 Å². The number of aliphatic hydroxyl groups is 1. The van der Waals surface area contributed by atoms with Gasteiger partial charge in [0, 0.05) is 0 Å². The van der Waals surface area contributed by atoms with Crippen LogP contribution in [0.3, 0.4) is 0 Å². The first-order valence-electron chi connectivity index (χ1n) is 8.67. The monoisotopic (exact) mass is 288 g/mol. The number of fused-ring (bicyclic) bond motifs is 1. The zero-order valence-corrected chi connectivity index (χ0v) is 13.1. The Morgan fingerprint density at radius 3 is 2.90 bits per heavy atom. The van der Waals surface area contributed by atoms with Crippen LogP contribution in [0.15, 0.2) is 24.3 Å². The molecule has 0 bridgehead atoms. The highest BCUT2D eigenvalue weighted by atomic mass is 16.5. The molecular weight excluding hydrogens is 260 g/mol. The van der Waals surface area contributed by atoms with E-state index in [-0.39, 0.29) is 6.10 Å². The van der Waals surface area contributed by atoms with Crippen LogP contribution < -0.4 is 4.74 Å². The highest BCUT2D eigenvalue weighted by Gasteiger charge is 2.32. The normalized spacial score (nSPS) is 32.3. The molecule has 0 saturated heterocycles. The van der Waals surface area contributed by atoms with Gasteiger partial charge < -0.3 is 9.84 Å². The van der Waals surface area contributed by atoms with Crippen LogP contribution in [0.1, 0.15) is 63.4 Å². The molecular formula is C19H28O2. The molecule has 21 heavy (non-hydrogen) atoms. The molecule has 116 valence electrons. The zero-order chi connectivity index (χ0) is 14.7. The molecule has 1 saturated carbocycles. The topological polar surface area (TPSA) is 29.5 Å². The lowest BCUT2D eigenvalue weighted by Crippen LogP contribution is -2.31. The standard InChI is InChI=1S/C19H28O2/c1-2-5-14-8-9-18(20)16(12-14)13-15-10-11-21-19-7-4-3-6-17(15)19/h3-4,6-7,14-16,18,20H,2,5,8-13H2,1H3. The van der Waals surface area contributed by atoms with Crippen LogP contribution in [0, 0.1) is 11.8 Å². The average molecular weight is 288 g/mol. The Labute approximate surface area is 128 Å². The van der Waals surface area contributed by atoms with Gasteiger partial charge in [0.05, 0.1) is 12.7 Å². The summed E-state index contributed by atoms with van der Waals surface area (Å²) in [6.45, 7) is 3.09. The Hall–Kier alpha value is -1.02. The van der Waals surface area contributed by atoms with E-state index >= 15 is 0 Å². The second-order valence-corrected chi connectivity index (χ2v) is 6.90. The Kier molecular flexibility index (Phi) is 4.84. The largest absolute Gasteiger partial charge is 0.493 e. The minimum Gasteiger partial charge on any atom is -0.493 e. The predicted octanol–water partition coefficient (Wildman–Crippen LogP) is 4.52. The number of para-hydroxylation sites is 1. The van der Waals surface area contributed by atoms with Gasteiger partial charge in [0.25, 0.3) is 0 Å². The summed E-state index contributed by atoms with van der Waals surface area (Å²) in [5, 5.41) is 10.4. The van der Waals surface area contributed by atoms with Crippen molar-refractivity contribution in [2.24, 2.45) is 11.8 Å². The molecule has 0 radical (unpaired) electrons. The van der Waals surface area contributed by atoms with Crippen molar-refractivity contribution < 1.29 is 9.84 Å². The molecule has 1 aromatic carbocycles. The van der Waals surface area contributed by atoms with Crippen molar-refractivity contribution >= 4 is 0 Å². The fourth-order valence-corrected chi connectivity index (χ4v) is 4.30. The van der Waals surface area contributed by atoms with Crippen LogP contribution in [-0.4, -0.2) is 17.8 Å². The number of hydrogen-bond donors (Lipinski definition) is 1. The van der Waals surface area contributed by atoms with Crippen molar-refractivity contribution in [1.82, 2.24) is 0 Å². The summed E-state index contributed by atoms with van der Waals surface area (Å²) >= 11 is 0. The lowest BCUT2D eigenvalue weighted by Gasteiger charge is -2.36. The summed E-state index contributed by atoms with van der Waals surface area (Å²) in [6.07, 6.45) is 8.17. The lowest BCUT2D eigenvalue weighted by atomic mass is 9.72. The van der Waals surface area contributed by atoms with E-state index in [0.717, 1.165) is 37.5 Å². The summed E-state index contributed by atoms with van der Waals surface area (Å²) in [5.41, 5.74) is 1.36. The highest BCUT2D eigenvalue weighted by molar-refractivity contribution is 5.37. The van der Waals surface area contributed by atoms with Gasteiger partial charge in [-0.25, -0.2) is 0 Å². The van der Waals surface area contributed by atoms with Gasteiger partial charge in [0.1, 0.15) is 5.75 Å². The molecule has 3 rings (SSSR count). The molecule has 4 atom stereocenters. The number of ether oxygens (including phenoxy) is 1. The third-order valence-corrected chi connectivity index (χ3v) is 5.42. The van der Waals surface area contributed by atoms with Crippen molar-refractivity contribution in [2.45, 2.75) is 63.9 Å². The first-order chi connectivity index (χ1) is 10.3. The molecule has 1 aromatic rings. The molecule has 1 N–H and O–H groups in total. The molecule has 4 unspecified atom stereocenters. The lowest BCUT2D eigenvalue weighted by molar-refractivity contribution is 0.0359. The molecule has 0 spiro atoms. The van der Waals surface area contributed by atoms with E-state index < -0.39 is 0 Å². The van der Waals surface area contributed by atoms with E-state index in [0.29, 0.717) is 11.8 Å². The third-order valence-electron chi connectivity index (χ3n) is 5.42. The Morgan fingerprint density at radius 1 is 1.19 bits per heavy atom. The second-order valence-electron chi connectivity index (χ2n) is 6.90. The van der Waals surface area contributed by atoms with Crippen LogP contribution in [0.4, 0.5) is 0 Å². The van der Waals surface area contributed by atoms with E-state index in [9.17, 15) is 5.11 Å². The SMILES string of the molecule is CCCC1CCC(O)C(CC2CCOc3ccccc32)C1. The number of benzene rings is 1. The maximum Gasteiger partial charge on any atom is 0.122 e. The van der Waals surface area contributed by atoms with Gasteiger partial charge in [-0.15, -0.1) is 0 Å². The summed E-state index contributed by atoms with van der Waals surface area (Å²) in [4.78, 5) is 0. The average Bonchev–Trinajstić information content (AvgIpc) is 2.51. The second kappa shape index (κ2) is 6.83. The zero-order valence-electron chi connectivity index (χ0n) is 13.1. The van der Waals surface area contributed by atoms with Crippen molar-refractivity contribution in [2.75, 3.05) is 6.61 Å². The Morgan fingerprint density at radius 2 is 2.05 bits per heavy atom. The maximum atomic E-state index is 10.4. The molecule has 1 fully saturated rings. The van der Waals surface area contributed by atoms with Crippen LogP contribution in [-0.2, 0) is 0 Å². The molecule has 0 aromatic heterocycles. The molecule has 1 heterocycles.